The van der Waals surface area contributed by atoms with Crippen LogP contribution in [-0.4, -0.2) is 33.1 Å². The number of H-pyrrole nitrogens is 1. The molecular formula is C24H21BrN6O2S. The molecule has 0 atom stereocenters. The lowest BCUT2D eigenvalue weighted by atomic mass is 10.0. The molecule has 0 saturated carbocycles. The van der Waals surface area contributed by atoms with Gasteiger partial charge in [0.15, 0.2) is 5.16 Å². The number of hydrogen-bond acceptors (Lipinski definition) is 5. The minimum Gasteiger partial charge on any atom is -0.332 e. The molecule has 0 aliphatic rings. The third-order valence-corrected chi connectivity index (χ3v) is 5.87. The number of aromatic nitrogens is 3. The van der Waals surface area contributed by atoms with Gasteiger partial charge in [0, 0.05) is 34.4 Å². The van der Waals surface area contributed by atoms with Gasteiger partial charge in [-0.2, -0.15) is 0 Å². The van der Waals surface area contributed by atoms with Crippen molar-refractivity contribution in [1.29, 1.82) is 0 Å². The summed E-state index contributed by atoms with van der Waals surface area (Å²) in [5.41, 5.74) is 4.25. The highest BCUT2D eigenvalue weighted by Crippen LogP contribution is 2.36. The van der Waals surface area contributed by atoms with Crippen LogP contribution in [0.2, 0.25) is 0 Å². The molecule has 0 unspecified atom stereocenters. The van der Waals surface area contributed by atoms with E-state index in [1.807, 2.05) is 60.9 Å². The molecule has 4 rings (SSSR count). The Morgan fingerprint density at radius 3 is 2.50 bits per heavy atom. The minimum absolute atomic E-state index is 0.203. The number of urea groups is 1. The van der Waals surface area contributed by atoms with Gasteiger partial charge in [-0.1, -0.05) is 45.9 Å². The summed E-state index contributed by atoms with van der Waals surface area (Å²) in [5.74, 6) is 0.238. The number of halogens is 1. The zero-order valence-corrected chi connectivity index (χ0v) is 20.8. The maximum atomic E-state index is 12.7. The van der Waals surface area contributed by atoms with E-state index in [4.69, 9.17) is 4.98 Å². The molecular weight excluding hydrogens is 516 g/mol. The summed E-state index contributed by atoms with van der Waals surface area (Å²) in [6, 6.07) is 18.0. The highest BCUT2D eigenvalue weighted by molar-refractivity contribution is 9.10. The van der Waals surface area contributed by atoms with Gasteiger partial charge in [-0.15, -0.1) is 0 Å². The fraction of sp³-hybridized carbons (Fsp3) is 0.0833. The van der Waals surface area contributed by atoms with Crippen LogP contribution in [0.25, 0.3) is 22.5 Å². The van der Waals surface area contributed by atoms with Crippen molar-refractivity contribution >= 4 is 56.8 Å². The summed E-state index contributed by atoms with van der Waals surface area (Å²) >= 11 is 4.86. The fourth-order valence-electron chi connectivity index (χ4n) is 3.30. The lowest BCUT2D eigenvalue weighted by Crippen LogP contribution is -2.19. The lowest BCUT2D eigenvalue weighted by Gasteiger charge is -2.12. The van der Waals surface area contributed by atoms with Crippen LogP contribution in [0.15, 0.2) is 76.5 Å². The molecule has 8 nitrogen and oxygen atoms in total. The van der Waals surface area contributed by atoms with E-state index in [2.05, 4.69) is 41.8 Å². The Balaban J connectivity index is 1.68. The number of benzene rings is 2. The number of nitrogens with zero attached hydrogens (tertiary/aromatic N) is 2. The van der Waals surface area contributed by atoms with Gasteiger partial charge in [0.05, 0.1) is 17.1 Å². The predicted molar refractivity (Wildman–Crippen MR) is 140 cm³/mol. The van der Waals surface area contributed by atoms with Crippen molar-refractivity contribution in [3.05, 3.63) is 71.3 Å². The molecule has 34 heavy (non-hydrogen) atoms. The molecule has 0 radical (unpaired) electrons. The predicted octanol–water partition coefficient (Wildman–Crippen LogP) is 6.23. The van der Waals surface area contributed by atoms with Crippen molar-refractivity contribution < 1.29 is 9.59 Å². The molecule has 3 amide bonds. The highest BCUT2D eigenvalue weighted by Gasteiger charge is 2.18. The van der Waals surface area contributed by atoms with Crippen LogP contribution in [0.3, 0.4) is 0 Å². The average Bonchev–Trinajstić information content (AvgIpc) is 3.25. The Morgan fingerprint density at radius 2 is 1.76 bits per heavy atom. The van der Waals surface area contributed by atoms with E-state index in [1.165, 1.54) is 18.7 Å². The summed E-state index contributed by atoms with van der Waals surface area (Å²) in [6.07, 6.45) is 3.55. The third-order valence-electron chi connectivity index (χ3n) is 4.76. The van der Waals surface area contributed by atoms with Crippen molar-refractivity contribution in [3.8, 4) is 22.5 Å². The first-order valence-electron chi connectivity index (χ1n) is 10.2. The Hall–Kier alpha value is -3.63. The number of carbonyl (C=O) groups excluding carboxylic acids is 2. The fourth-order valence-corrected chi connectivity index (χ4v) is 3.95. The van der Waals surface area contributed by atoms with E-state index in [1.54, 1.807) is 12.3 Å². The van der Waals surface area contributed by atoms with Crippen LogP contribution < -0.4 is 16.0 Å². The van der Waals surface area contributed by atoms with Crippen LogP contribution in [-0.2, 0) is 4.79 Å². The Labute approximate surface area is 209 Å². The summed E-state index contributed by atoms with van der Waals surface area (Å²) in [6.45, 7) is 1.43. The van der Waals surface area contributed by atoms with E-state index in [0.29, 0.717) is 22.9 Å². The SMILES string of the molecule is CSc1nc(-c2ccccc2NC(=O)Nc2ccc(Br)cc2)c(-c2ccnc(NC(C)=O)c2)[nH]1. The van der Waals surface area contributed by atoms with Crippen molar-refractivity contribution in [1.82, 2.24) is 15.0 Å². The molecule has 0 aliphatic carbocycles. The van der Waals surface area contributed by atoms with E-state index < -0.39 is 0 Å². The molecule has 0 saturated heterocycles. The number of rotatable bonds is 6. The molecule has 2 aromatic carbocycles. The molecule has 2 aromatic heterocycles. The first-order valence-corrected chi connectivity index (χ1v) is 12.3. The quantitative estimate of drug-likeness (QED) is 0.218. The molecule has 2 heterocycles. The van der Waals surface area contributed by atoms with Crippen LogP contribution in [0.4, 0.5) is 22.0 Å². The molecule has 10 heteroatoms. The van der Waals surface area contributed by atoms with Crippen molar-refractivity contribution in [2.24, 2.45) is 0 Å². The number of nitrogens with one attached hydrogen (secondary N) is 4. The van der Waals surface area contributed by atoms with Crippen molar-refractivity contribution in [2.45, 2.75) is 12.1 Å². The summed E-state index contributed by atoms with van der Waals surface area (Å²) in [5, 5.41) is 9.18. The topological polar surface area (TPSA) is 112 Å². The number of pyridine rings is 1. The number of para-hydroxylation sites is 1. The number of imidazole rings is 1. The first kappa shape index (κ1) is 23.5. The minimum atomic E-state index is -0.367. The van der Waals surface area contributed by atoms with Crippen LogP contribution in [0.5, 0.6) is 0 Å². The van der Waals surface area contributed by atoms with Gasteiger partial charge in [-0.3, -0.25) is 4.79 Å². The maximum absolute atomic E-state index is 12.7. The number of anilines is 3. The molecule has 0 aliphatic heterocycles. The second-order valence-corrected chi connectivity index (χ2v) is 8.92. The van der Waals surface area contributed by atoms with Gasteiger partial charge in [-0.05, 0) is 48.7 Å². The molecule has 172 valence electrons. The van der Waals surface area contributed by atoms with Crippen LogP contribution in [0, 0.1) is 0 Å². The highest BCUT2D eigenvalue weighted by atomic mass is 79.9. The van der Waals surface area contributed by atoms with E-state index in [-0.39, 0.29) is 11.9 Å². The summed E-state index contributed by atoms with van der Waals surface area (Å²) in [4.78, 5) is 36.4. The van der Waals surface area contributed by atoms with Gasteiger partial charge in [0.25, 0.3) is 0 Å². The maximum Gasteiger partial charge on any atom is 0.323 e. The van der Waals surface area contributed by atoms with Gasteiger partial charge < -0.3 is 20.9 Å². The zero-order valence-electron chi connectivity index (χ0n) is 18.3. The van der Waals surface area contributed by atoms with Crippen LogP contribution in [0.1, 0.15) is 6.92 Å². The Morgan fingerprint density at radius 1 is 1.00 bits per heavy atom. The number of aromatic amines is 1. The summed E-state index contributed by atoms with van der Waals surface area (Å²) in [7, 11) is 0. The Kier molecular flexibility index (Phi) is 7.29. The van der Waals surface area contributed by atoms with Gasteiger partial charge in [0.2, 0.25) is 5.91 Å². The van der Waals surface area contributed by atoms with Gasteiger partial charge in [0.1, 0.15) is 5.82 Å². The van der Waals surface area contributed by atoms with E-state index >= 15 is 0 Å². The Bertz CT molecular complexity index is 1340. The lowest BCUT2D eigenvalue weighted by molar-refractivity contribution is -0.114. The third kappa shape index (κ3) is 5.64. The standard InChI is InChI=1S/C24H21BrN6O2S/c1-14(32)27-20-13-15(11-12-26-20)21-22(31-24(30-21)34-2)18-5-3-4-6-19(18)29-23(33)28-17-9-7-16(25)8-10-17/h3-13H,1-2H3,(H,30,31)(H,26,27,32)(H2,28,29,33). The smallest absolute Gasteiger partial charge is 0.323 e. The second-order valence-electron chi connectivity index (χ2n) is 7.21. The largest absolute Gasteiger partial charge is 0.332 e. The molecule has 4 aromatic rings. The zero-order chi connectivity index (χ0) is 24.1. The molecule has 0 spiro atoms. The number of thioether (sulfide) groups is 1. The van der Waals surface area contributed by atoms with Crippen molar-refractivity contribution in [2.75, 3.05) is 22.2 Å². The van der Waals surface area contributed by atoms with E-state index in [0.717, 1.165) is 26.4 Å². The average molecular weight is 537 g/mol. The first-order chi connectivity index (χ1) is 16.4. The van der Waals surface area contributed by atoms with Crippen LogP contribution >= 0.6 is 27.7 Å². The number of amides is 3. The van der Waals surface area contributed by atoms with Gasteiger partial charge >= 0.3 is 6.03 Å². The monoisotopic (exact) mass is 536 g/mol. The molecule has 0 bridgehead atoms. The van der Waals surface area contributed by atoms with E-state index in [9.17, 15) is 9.59 Å². The van der Waals surface area contributed by atoms with Crippen molar-refractivity contribution in [3.63, 3.8) is 0 Å². The van der Waals surface area contributed by atoms with Gasteiger partial charge in [-0.25, -0.2) is 14.8 Å². The second kappa shape index (κ2) is 10.5. The molecule has 4 N–H and O–H groups in total. The molecule has 0 fully saturated rings. The number of carbonyl (C=O) groups is 2. The number of hydrogen-bond donors (Lipinski definition) is 4. The normalized spacial score (nSPS) is 10.6. The summed E-state index contributed by atoms with van der Waals surface area (Å²) < 4.78 is 0.928.